The Hall–Kier alpha value is -0.960. The molecular weight excluding hydrogens is 254 g/mol. The molecule has 0 aliphatic heterocycles. The number of hydrogen-bond donors (Lipinski definition) is 1. The highest BCUT2D eigenvalue weighted by Gasteiger charge is 2.32. The summed E-state index contributed by atoms with van der Waals surface area (Å²) in [5.74, 6) is 0. The second-order valence-electron chi connectivity index (χ2n) is 2.88. The van der Waals surface area contributed by atoms with Crippen molar-refractivity contribution in [1.82, 2.24) is 3.71 Å². The Morgan fingerprint density at radius 3 is 2.00 bits per heavy atom. The highest BCUT2D eigenvalue weighted by molar-refractivity contribution is 8.01. The van der Waals surface area contributed by atoms with E-state index in [4.69, 9.17) is 4.55 Å². The summed E-state index contributed by atoms with van der Waals surface area (Å²) in [5, 5.41) is 0. The van der Waals surface area contributed by atoms with Crippen molar-refractivity contribution in [2.45, 2.75) is 11.8 Å². The van der Waals surface area contributed by atoms with Crippen molar-refractivity contribution in [3.05, 3.63) is 30.3 Å². The maximum atomic E-state index is 11.8. The molecule has 0 unspecified atom stereocenters. The molecule has 0 heterocycles. The van der Waals surface area contributed by atoms with Gasteiger partial charge in [0.15, 0.2) is 0 Å². The lowest BCUT2D eigenvalue weighted by molar-refractivity contribution is 0.423. The Morgan fingerprint density at radius 1 is 1.12 bits per heavy atom. The molecule has 1 rings (SSSR count). The SMILES string of the molecule is CCN(S(=O)(=O)O)S(=O)(=O)c1ccccc1. The van der Waals surface area contributed by atoms with Crippen molar-refractivity contribution < 1.29 is 21.4 Å². The van der Waals surface area contributed by atoms with E-state index in [1.54, 1.807) is 6.07 Å². The van der Waals surface area contributed by atoms with Crippen LogP contribution in [-0.4, -0.2) is 31.6 Å². The van der Waals surface area contributed by atoms with E-state index >= 15 is 0 Å². The summed E-state index contributed by atoms with van der Waals surface area (Å²) in [4.78, 5) is -0.186. The normalized spacial score (nSPS) is 12.9. The predicted molar refractivity (Wildman–Crippen MR) is 57.6 cm³/mol. The maximum absolute atomic E-state index is 11.8. The number of hydrogen-bond acceptors (Lipinski definition) is 4. The fourth-order valence-corrected chi connectivity index (χ4v) is 3.82. The van der Waals surface area contributed by atoms with E-state index in [0.717, 1.165) is 0 Å². The average molecular weight is 265 g/mol. The molecule has 0 atom stereocenters. The molecule has 0 bridgehead atoms. The third-order valence-corrected chi connectivity index (χ3v) is 5.41. The van der Waals surface area contributed by atoms with Crippen molar-refractivity contribution >= 4 is 20.3 Å². The minimum atomic E-state index is -4.78. The van der Waals surface area contributed by atoms with Crippen LogP contribution in [0.25, 0.3) is 0 Å². The molecule has 0 amide bonds. The molecule has 90 valence electrons. The van der Waals surface area contributed by atoms with Crippen molar-refractivity contribution in [1.29, 1.82) is 0 Å². The quantitative estimate of drug-likeness (QED) is 0.800. The van der Waals surface area contributed by atoms with Gasteiger partial charge in [0.2, 0.25) is 0 Å². The van der Waals surface area contributed by atoms with E-state index in [1.165, 1.54) is 31.2 Å². The standard InChI is InChI=1S/C8H11NO5S2/c1-2-9(16(12,13)14)15(10,11)8-6-4-3-5-7-8/h3-7H,2H2,1H3,(H,12,13,14). The maximum Gasteiger partial charge on any atom is 0.349 e. The summed E-state index contributed by atoms with van der Waals surface area (Å²) in [6.07, 6.45) is 0. The molecule has 1 N–H and O–H groups in total. The minimum absolute atomic E-state index is 0.0370. The molecule has 0 aromatic heterocycles. The van der Waals surface area contributed by atoms with Crippen LogP contribution >= 0.6 is 0 Å². The van der Waals surface area contributed by atoms with Gasteiger partial charge in [-0.1, -0.05) is 28.8 Å². The highest BCUT2D eigenvalue weighted by Crippen LogP contribution is 2.17. The van der Waals surface area contributed by atoms with Gasteiger partial charge in [0.1, 0.15) is 0 Å². The topological polar surface area (TPSA) is 91.8 Å². The van der Waals surface area contributed by atoms with Gasteiger partial charge in [0.05, 0.1) is 4.90 Å². The predicted octanol–water partition coefficient (Wildman–Crippen LogP) is 0.500. The third-order valence-electron chi connectivity index (χ3n) is 1.82. The van der Waals surface area contributed by atoms with Crippen LogP contribution in [0.1, 0.15) is 6.92 Å². The Bertz CT molecular complexity index is 549. The zero-order valence-corrected chi connectivity index (χ0v) is 10.1. The molecule has 16 heavy (non-hydrogen) atoms. The lowest BCUT2D eigenvalue weighted by Gasteiger charge is -2.16. The van der Waals surface area contributed by atoms with Gasteiger partial charge < -0.3 is 0 Å². The number of sulfonamides is 1. The van der Waals surface area contributed by atoms with Gasteiger partial charge in [0.25, 0.3) is 10.0 Å². The molecular formula is C8H11NO5S2. The van der Waals surface area contributed by atoms with Crippen molar-refractivity contribution in [2.75, 3.05) is 6.54 Å². The van der Waals surface area contributed by atoms with Crippen LogP contribution in [0.15, 0.2) is 35.2 Å². The monoisotopic (exact) mass is 265 g/mol. The van der Waals surface area contributed by atoms with Crippen molar-refractivity contribution in [3.8, 4) is 0 Å². The van der Waals surface area contributed by atoms with Gasteiger partial charge in [-0.2, -0.15) is 8.42 Å². The van der Waals surface area contributed by atoms with Gasteiger partial charge in [-0.25, -0.2) is 8.42 Å². The van der Waals surface area contributed by atoms with Crippen LogP contribution in [-0.2, 0) is 20.3 Å². The van der Waals surface area contributed by atoms with Gasteiger partial charge in [0, 0.05) is 6.54 Å². The number of benzene rings is 1. The first-order chi connectivity index (χ1) is 7.30. The van der Waals surface area contributed by atoms with Crippen LogP contribution in [0.4, 0.5) is 0 Å². The van der Waals surface area contributed by atoms with E-state index in [9.17, 15) is 16.8 Å². The van der Waals surface area contributed by atoms with Crippen LogP contribution in [0, 0.1) is 0 Å². The highest BCUT2D eigenvalue weighted by atomic mass is 32.3. The smallest absolute Gasteiger partial charge is 0.273 e. The van der Waals surface area contributed by atoms with Crippen molar-refractivity contribution in [3.63, 3.8) is 0 Å². The van der Waals surface area contributed by atoms with E-state index < -0.39 is 20.3 Å². The van der Waals surface area contributed by atoms with Crippen LogP contribution < -0.4 is 0 Å². The zero-order chi connectivity index (χ0) is 12.4. The molecule has 6 nitrogen and oxygen atoms in total. The Balaban J connectivity index is 3.32. The summed E-state index contributed by atoms with van der Waals surface area (Å²) >= 11 is 0. The molecule has 1 aromatic carbocycles. The summed E-state index contributed by atoms with van der Waals surface area (Å²) in [7, 11) is -8.99. The average Bonchev–Trinajstić information content (AvgIpc) is 2.17. The number of nitrogens with zero attached hydrogens (tertiary/aromatic N) is 1. The Kier molecular flexibility index (Phi) is 3.68. The van der Waals surface area contributed by atoms with E-state index in [1.807, 2.05) is 0 Å². The lowest BCUT2D eigenvalue weighted by atomic mass is 10.4. The van der Waals surface area contributed by atoms with Crippen LogP contribution in [0.3, 0.4) is 0 Å². The molecule has 0 radical (unpaired) electrons. The molecule has 0 aliphatic carbocycles. The van der Waals surface area contributed by atoms with E-state index in [0.29, 0.717) is 0 Å². The number of rotatable bonds is 4. The van der Waals surface area contributed by atoms with Gasteiger partial charge >= 0.3 is 10.3 Å². The zero-order valence-electron chi connectivity index (χ0n) is 8.44. The molecule has 0 fully saturated rings. The van der Waals surface area contributed by atoms with Crippen LogP contribution in [0.5, 0.6) is 0 Å². The van der Waals surface area contributed by atoms with Gasteiger partial charge in [-0.05, 0) is 12.1 Å². The van der Waals surface area contributed by atoms with Gasteiger partial charge in [-0.15, -0.1) is 0 Å². The summed E-state index contributed by atoms with van der Waals surface area (Å²) in [6.45, 7) is 0.949. The largest absolute Gasteiger partial charge is 0.349 e. The van der Waals surface area contributed by atoms with E-state index in [-0.39, 0.29) is 15.2 Å². The molecule has 0 aliphatic rings. The van der Waals surface area contributed by atoms with Crippen LogP contribution in [0.2, 0.25) is 0 Å². The minimum Gasteiger partial charge on any atom is -0.273 e. The van der Waals surface area contributed by atoms with Gasteiger partial charge in [-0.3, -0.25) is 4.55 Å². The molecule has 0 saturated heterocycles. The fourth-order valence-electron chi connectivity index (χ4n) is 1.17. The summed E-state index contributed by atoms with van der Waals surface area (Å²) in [6, 6.07) is 7.03. The van der Waals surface area contributed by atoms with Crippen molar-refractivity contribution in [2.24, 2.45) is 0 Å². The molecule has 8 heteroatoms. The molecule has 1 aromatic rings. The Morgan fingerprint density at radius 2 is 1.62 bits per heavy atom. The Labute approximate surface area is 94.4 Å². The molecule has 0 saturated carbocycles. The molecule has 0 spiro atoms. The fraction of sp³-hybridized carbons (Fsp3) is 0.250. The first-order valence-electron chi connectivity index (χ1n) is 4.35. The first kappa shape index (κ1) is 13.1. The second-order valence-corrected chi connectivity index (χ2v) is 6.31. The first-order valence-corrected chi connectivity index (χ1v) is 7.19. The second kappa shape index (κ2) is 4.50. The van der Waals surface area contributed by atoms with E-state index in [2.05, 4.69) is 0 Å². The summed E-state index contributed by atoms with van der Waals surface area (Å²) < 4.78 is 54.2. The lowest BCUT2D eigenvalue weighted by Crippen LogP contribution is -2.36. The summed E-state index contributed by atoms with van der Waals surface area (Å²) in [5.41, 5.74) is 0. The third kappa shape index (κ3) is 2.59.